The molecule has 1 aromatic carbocycles. The monoisotopic (exact) mass is 259 g/mol. The van der Waals surface area contributed by atoms with Crippen molar-refractivity contribution in [2.45, 2.75) is 32.9 Å². The van der Waals surface area contributed by atoms with Crippen molar-refractivity contribution in [3.05, 3.63) is 35.4 Å². The topological polar surface area (TPSA) is 56.1 Å². The zero-order valence-electron chi connectivity index (χ0n) is 12.0. The number of rotatable bonds is 4. The van der Waals surface area contributed by atoms with Crippen molar-refractivity contribution in [3.63, 3.8) is 0 Å². The second-order valence-corrected chi connectivity index (χ2v) is 5.74. The molecule has 0 spiro atoms. The third-order valence-electron chi connectivity index (χ3n) is 2.51. The Kier molecular flexibility index (Phi) is 5.08. The summed E-state index contributed by atoms with van der Waals surface area (Å²) in [6.07, 6.45) is 0. The number of amides is 1. The summed E-state index contributed by atoms with van der Waals surface area (Å²) in [5.41, 5.74) is 1.38. The molecule has 102 valence electrons. The quantitative estimate of drug-likeness (QED) is 0.898. The van der Waals surface area contributed by atoms with Gasteiger partial charge in [0.2, 0.25) is 5.91 Å². The van der Waals surface area contributed by atoms with Gasteiger partial charge in [-0.25, -0.2) is 0 Å². The predicted molar refractivity (Wildman–Crippen MR) is 75.4 cm³/mol. The fourth-order valence-electron chi connectivity index (χ4n) is 1.82. The van der Waals surface area contributed by atoms with Crippen LogP contribution in [0.25, 0.3) is 0 Å². The van der Waals surface area contributed by atoms with Crippen LogP contribution in [0.3, 0.4) is 0 Å². The third kappa shape index (κ3) is 5.54. The number of likely N-dealkylation sites (N-methyl/N-ethyl adjacent to an activating group) is 1. The van der Waals surface area contributed by atoms with E-state index in [1.165, 1.54) is 0 Å². The van der Waals surface area contributed by atoms with Gasteiger partial charge in [0, 0.05) is 12.1 Å². The fraction of sp³-hybridized carbons (Fsp3) is 0.467. The highest BCUT2D eigenvalue weighted by Gasteiger charge is 2.15. The van der Waals surface area contributed by atoms with Gasteiger partial charge in [0.05, 0.1) is 18.2 Å². The van der Waals surface area contributed by atoms with Crippen LogP contribution in [0.1, 0.15) is 31.9 Å². The minimum atomic E-state index is -0.220. The molecule has 1 amide bonds. The molecule has 0 aromatic heterocycles. The van der Waals surface area contributed by atoms with Crippen molar-refractivity contribution < 1.29 is 4.79 Å². The van der Waals surface area contributed by atoms with Gasteiger partial charge in [0.1, 0.15) is 0 Å². The molecule has 0 heterocycles. The van der Waals surface area contributed by atoms with Crippen molar-refractivity contribution in [2.24, 2.45) is 0 Å². The van der Waals surface area contributed by atoms with Crippen LogP contribution in [-0.2, 0) is 11.3 Å². The van der Waals surface area contributed by atoms with Crippen molar-refractivity contribution in [1.82, 2.24) is 10.2 Å². The Labute approximate surface area is 115 Å². The van der Waals surface area contributed by atoms with Crippen molar-refractivity contribution >= 4 is 5.91 Å². The molecular formula is C15H21N3O. The van der Waals surface area contributed by atoms with Crippen LogP contribution in [0.15, 0.2) is 24.3 Å². The molecule has 0 fully saturated rings. The van der Waals surface area contributed by atoms with E-state index in [0.717, 1.165) is 5.56 Å². The van der Waals surface area contributed by atoms with E-state index in [0.29, 0.717) is 18.7 Å². The molecular weight excluding hydrogens is 238 g/mol. The van der Waals surface area contributed by atoms with Gasteiger partial charge in [0.15, 0.2) is 0 Å². The average molecular weight is 259 g/mol. The standard InChI is InChI=1S/C15H21N3O/c1-15(2,3)17-14(19)11-18(4)10-13-8-6-5-7-12(13)9-16/h5-8H,10-11H2,1-4H3,(H,17,19). The lowest BCUT2D eigenvalue weighted by Gasteiger charge is -2.23. The van der Waals surface area contributed by atoms with Crippen molar-refractivity contribution in [2.75, 3.05) is 13.6 Å². The normalized spacial score (nSPS) is 11.2. The molecule has 0 aliphatic carbocycles. The molecule has 4 heteroatoms. The smallest absolute Gasteiger partial charge is 0.234 e. The van der Waals surface area contributed by atoms with E-state index in [1.54, 1.807) is 6.07 Å². The van der Waals surface area contributed by atoms with Crippen LogP contribution in [0, 0.1) is 11.3 Å². The van der Waals surface area contributed by atoms with E-state index >= 15 is 0 Å². The molecule has 0 unspecified atom stereocenters. The first-order valence-electron chi connectivity index (χ1n) is 6.29. The lowest BCUT2D eigenvalue weighted by Crippen LogP contribution is -2.45. The Balaban J connectivity index is 2.59. The number of hydrogen-bond acceptors (Lipinski definition) is 3. The van der Waals surface area contributed by atoms with Crippen LogP contribution in [0.2, 0.25) is 0 Å². The molecule has 0 aliphatic heterocycles. The third-order valence-corrected chi connectivity index (χ3v) is 2.51. The Morgan fingerprint density at radius 3 is 2.58 bits per heavy atom. The molecule has 0 bridgehead atoms. The van der Waals surface area contributed by atoms with E-state index in [9.17, 15) is 4.79 Å². The van der Waals surface area contributed by atoms with Gasteiger partial charge in [-0.2, -0.15) is 5.26 Å². The summed E-state index contributed by atoms with van der Waals surface area (Å²) < 4.78 is 0. The Morgan fingerprint density at radius 2 is 2.00 bits per heavy atom. The maximum Gasteiger partial charge on any atom is 0.234 e. The molecule has 0 atom stereocenters. The number of carbonyl (C=O) groups excluding carboxylic acids is 1. The van der Waals surface area contributed by atoms with E-state index in [2.05, 4.69) is 11.4 Å². The minimum Gasteiger partial charge on any atom is -0.350 e. The second kappa shape index (κ2) is 6.35. The van der Waals surface area contributed by atoms with Crippen LogP contribution < -0.4 is 5.32 Å². The summed E-state index contributed by atoms with van der Waals surface area (Å²) in [6, 6.07) is 9.61. The van der Waals surface area contributed by atoms with Crippen LogP contribution in [0.4, 0.5) is 0 Å². The van der Waals surface area contributed by atoms with Crippen molar-refractivity contribution in [1.29, 1.82) is 5.26 Å². The summed E-state index contributed by atoms with van der Waals surface area (Å²) in [4.78, 5) is 13.7. The molecule has 1 rings (SSSR count). The summed E-state index contributed by atoms with van der Waals surface area (Å²) >= 11 is 0. The molecule has 4 nitrogen and oxygen atoms in total. The van der Waals surface area contributed by atoms with Gasteiger partial charge in [-0.05, 0) is 39.4 Å². The van der Waals surface area contributed by atoms with Crippen LogP contribution >= 0.6 is 0 Å². The number of nitrogens with one attached hydrogen (secondary N) is 1. The van der Waals surface area contributed by atoms with Gasteiger partial charge in [-0.3, -0.25) is 9.69 Å². The van der Waals surface area contributed by atoms with Crippen LogP contribution in [0.5, 0.6) is 0 Å². The molecule has 19 heavy (non-hydrogen) atoms. The summed E-state index contributed by atoms with van der Waals surface area (Å²) in [7, 11) is 1.87. The summed E-state index contributed by atoms with van der Waals surface area (Å²) in [5, 5.41) is 11.9. The van der Waals surface area contributed by atoms with Gasteiger partial charge < -0.3 is 5.32 Å². The number of nitrogens with zero attached hydrogens (tertiary/aromatic N) is 2. The summed E-state index contributed by atoms with van der Waals surface area (Å²) in [6.45, 7) is 6.76. The molecule has 0 radical (unpaired) electrons. The molecule has 0 saturated carbocycles. The Bertz CT molecular complexity index is 483. The minimum absolute atomic E-state index is 0.00978. The number of carbonyl (C=O) groups is 1. The first-order valence-corrected chi connectivity index (χ1v) is 6.29. The maximum atomic E-state index is 11.8. The Hall–Kier alpha value is -1.86. The van der Waals surface area contributed by atoms with Gasteiger partial charge in [0.25, 0.3) is 0 Å². The van der Waals surface area contributed by atoms with E-state index in [-0.39, 0.29) is 11.4 Å². The molecule has 0 saturated heterocycles. The fourth-order valence-corrected chi connectivity index (χ4v) is 1.82. The van der Waals surface area contributed by atoms with Gasteiger partial charge >= 0.3 is 0 Å². The molecule has 1 aromatic rings. The van der Waals surface area contributed by atoms with Gasteiger partial charge in [-0.1, -0.05) is 18.2 Å². The lowest BCUT2D eigenvalue weighted by molar-refractivity contribution is -0.123. The Morgan fingerprint density at radius 1 is 1.37 bits per heavy atom. The lowest BCUT2D eigenvalue weighted by atomic mass is 10.1. The number of benzene rings is 1. The zero-order chi connectivity index (χ0) is 14.5. The molecule has 0 aliphatic rings. The first kappa shape index (κ1) is 15.2. The van der Waals surface area contributed by atoms with Gasteiger partial charge in [-0.15, -0.1) is 0 Å². The average Bonchev–Trinajstić information content (AvgIpc) is 2.26. The summed E-state index contributed by atoms with van der Waals surface area (Å²) in [5.74, 6) is -0.00978. The largest absolute Gasteiger partial charge is 0.350 e. The maximum absolute atomic E-state index is 11.8. The highest BCUT2D eigenvalue weighted by molar-refractivity contribution is 5.78. The first-order chi connectivity index (χ1) is 8.81. The zero-order valence-corrected chi connectivity index (χ0v) is 12.0. The number of hydrogen-bond donors (Lipinski definition) is 1. The highest BCUT2D eigenvalue weighted by Crippen LogP contribution is 2.09. The van der Waals surface area contributed by atoms with E-state index < -0.39 is 0 Å². The second-order valence-electron chi connectivity index (χ2n) is 5.74. The SMILES string of the molecule is CN(CC(=O)NC(C)(C)C)Cc1ccccc1C#N. The highest BCUT2D eigenvalue weighted by atomic mass is 16.2. The van der Waals surface area contributed by atoms with Crippen LogP contribution in [-0.4, -0.2) is 29.9 Å². The molecule has 1 N–H and O–H groups in total. The number of nitriles is 1. The van der Waals surface area contributed by atoms with Crippen molar-refractivity contribution in [3.8, 4) is 6.07 Å². The van der Waals surface area contributed by atoms with E-state index in [1.807, 2.05) is 50.9 Å². The predicted octanol–water partition coefficient (Wildman–Crippen LogP) is 1.90. The van der Waals surface area contributed by atoms with E-state index in [4.69, 9.17) is 5.26 Å².